The van der Waals surface area contributed by atoms with Crippen LogP contribution in [0.1, 0.15) is 40.0 Å². The lowest BCUT2D eigenvalue weighted by atomic mass is 9.74. The van der Waals surface area contributed by atoms with E-state index < -0.39 is 0 Å². The summed E-state index contributed by atoms with van der Waals surface area (Å²) in [6, 6.07) is 0. The fourth-order valence-electron chi connectivity index (χ4n) is 2.29. The molecule has 2 heteroatoms. The van der Waals surface area contributed by atoms with E-state index in [4.69, 9.17) is 17.0 Å². The molecule has 13 heavy (non-hydrogen) atoms. The van der Waals surface area contributed by atoms with E-state index in [0.717, 1.165) is 18.4 Å². The van der Waals surface area contributed by atoms with Crippen LogP contribution in [0.25, 0.3) is 0 Å². The molecule has 1 rings (SSSR count). The third kappa shape index (κ3) is 3.26. The summed E-state index contributed by atoms with van der Waals surface area (Å²) in [7, 11) is 0. The Morgan fingerprint density at radius 3 is 2.31 bits per heavy atom. The number of hydrogen-bond donors (Lipinski definition) is 0. The molecule has 0 spiro atoms. The molecule has 0 N–H and O–H groups in total. The van der Waals surface area contributed by atoms with Crippen LogP contribution in [0.2, 0.25) is 0 Å². The predicted octanol–water partition coefficient (Wildman–Crippen LogP) is 3.42. The second kappa shape index (κ2) is 4.94. The summed E-state index contributed by atoms with van der Waals surface area (Å²) in [5.74, 6) is 2.32. The molecule has 1 nitrogen and oxygen atoms in total. The Morgan fingerprint density at radius 1 is 1.31 bits per heavy atom. The van der Waals surface area contributed by atoms with Crippen molar-refractivity contribution in [3.8, 4) is 0 Å². The molecule has 1 aliphatic rings. The summed E-state index contributed by atoms with van der Waals surface area (Å²) in [5, 5.41) is 0.685. The van der Waals surface area contributed by atoms with Gasteiger partial charge < -0.3 is 4.74 Å². The van der Waals surface area contributed by atoms with Crippen molar-refractivity contribution < 1.29 is 4.74 Å². The van der Waals surface area contributed by atoms with E-state index in [9.17, 15) is 0 Å². The molecule has 76 valence electrons. The molecule has 0 aromatic rings. The van der Waals surface area contributed by atoms with Crippen molar-refractivity contribution in [1.29, 1.82) is 0 Å². The topological polar surface area (TPSA) is 9.23 Å². The fraction of sp³-hybridized carbons (Fsp3) is 0.909. The first-order chi connectivity index (χ1) is 6.11. The van der Waals surface area contributed by atoms with Gasteiger partial charge in [0.15, 0.2) is 5.05 Å². The van der Waals surface area contributed by atoms with Gasteiger partial charge in [0.05, 0.1) is 6.61 Å². The monoisotopic (exact) mass is 200 g/mol. The van der Waals surface area contributed by atoms with Crippen LogP contribution >= 0.6 is 12.2 Å². The fourth-order valence-corrected chi connectivity index (χ4v) is 2.36. The highest BCUT2D eigenvalue weighted by Gasteiger charge is 2.27. The van der Waals surface area contributed by atoms with Crippen LogP contribution in [0.15, 0.2) is 0 Å². The van der Waals surface area contributed by atoms with E-state index >= 15 is 0 Å². The van der Waals surface area contributed by atoms with Crippen LogP contribution in [0, 0.1) is 17.8 Å². The van der Waals surface area contributed by atoms with E-state index in [-0.39, 0.29) is 0 Å². The van der Waals surface area contributed by atoms with Gasteiger partial charge in [0.2, 0.25) is 0 Å². The average Bonchev–Trinajstić information content (AvgIpc) is 2.03. The third-order valence-electron chi connectivity index (χ3n) is 3.26. The molecular formula is C11H20OS. The van der Waals surface area contributed by atoms with Crippen LogP contribution in [-0.2, 0) is 4.74 Å². The van der Waals surface area contributed by atoms with Gasteiger partial charge in [-0.15, -0.1) is 0 Å². The molecule has 1 saturated carbocycles. The molecule has 0 aromatic heterocycles. The number of ether oxygens (including phenoxy) is 1. The molecule has 0 aromatic carbocycles. The zero-order chi connectivity index (χ0) is 9.84. The van der Waals surface area contributed by atoms with Gasteiger partial charge in [-0.2, -0.15) is 0 Å². The highest BCUT2D eigenvalue weighted by Crippen LogP contribution is 2.34. The number of thiocarbonyl (C=S) groups is 1. The maximum atomic E-state index is 5.45. The van der Waals surface area contributed by atoms with Crippen molar-refractivity contribution in [1.82, 2.24) is 0 Å². The van der Waals surface area contributed by atoms with Crippen LogP contribution in [0.4, 0.5) is 0 Å². The van der Waals surface area contributed by atoms with Crippen molar-refractivity contribution in [2.75, 3.05) is 6.61 Å². The summed E-state index contributed by atoms with van der Waals surface area (Å²) >= 11 is 4.92. The lowest BCUT2D eigenvalue weighted by molar-refractivity contribution is 0.106. The molecular weight excluding hydrogens is 180 g/mol. The molecule has 0 unspecified atom stereocenters. The van der Waals surface area contributed by atoms with Crippen LogP contribution < -0.4 is 0 Å². The molecule has 1 aliphatic carbocycles. The van der Waals surface area contributed by atoms with Crippen molar-refractivity contribution in [3.63, 3.8) is 0 Å². The largest absolute Gasteiger partial charge is 0.487 e. The lowest BCUT2D eigenvalue weighted by Crippen LogP contribution is -2.29. The van der Waals surface area contributed by atoms with Crippen LogP contribution in [-0.4, -0.2) is 11.7 Å². The summed E-state index contributed by atoms with van der Waals surface area (Å²) in [4.78, 5) is 0. The Labute approximate surface area is 86.9 Å². The quantitative estimate of drug-likeness (QED) is 0.632. The van der Waals surface area contributed by atoms with Crippen LogP contribution in [0.5, 0.6) is 0 Å². The van der Waals surface area contributed by atoms with E-state index in [1.165, 1.54) is 19.3 Å². The first kappa shape index (κ1) is 11.0. The first-order valence-electron chi connectivity index (χ1n) is 5.24. The summed E-state index contributed by atoms with van der Waals surface area (Å²) in [5.41, 5.74) is 0. The predicted molar refractivity (Wildman–Crippen MR) is 59.9 cm³/mol. The Morgan fingerprint density at radius 2 is 1.85 bits per heavy atom. The maximum absolute atomic E-state index is 5.45. The zero-order valence-electron chi connectivity index (χ0n) is 8.88. The van der Waals surface area contributed by atoms with E-state index in [2.05, 4.69) is 13.8 Å². The maximum Gasteiger partial charge on any atom is 0.156 e. The summed E-state index contributed by atoms with van der Waals surface area (Å²) < 4.78 is 5.45. The van der Waals surface area contributed by atoms with E-state index in [1.54, 1.807) is 0 Å². The second-order valence-corrected chi connectivity index (χ2v) is 4.93. The van der Waals surface area contributed by atoms with Gasteiger partial charge in [0, 0.05) is 6.92 Å². The highest BCUT2D eigenvalue weighted by molar-refractivity contribution is 7.80. The van der Waals surface area contributed by atoms with E-state index in [0.29, 0.717) is 11.0 Å². The van der Waals surface area contributed by atoms with Gasteiger partial charge in [-0.3, -0.25) is 0 Å². The molecule has 3 atom stereocenters. The normalized spacial score (nSPS) is 34.2. The van der Waals surface area contributed by atoms with Gasteiger partial charge in [-0.05, 0) is 30.0 Å². The molecule has 1 fully saturated rings. The van der Waals surface area contributed by atoms with Gasteiger partial charge in [0.1, 0.15) is 0 Å². The molecule has 0 radical (unpaired) electrons. The first-order valence-corrected chi connectivity index (χ1v) is 5.65. The van der Waals surface area contributed by atoms with Crippen molar-refractivity contribution in [3.05, 3.63) is 0 Å². The van der Waals surface area contributed by atoms with Gasteiger partial charge in [-0.1, -0.05) is 33.1 Å². The summed E-state index contributed by atoms with van der Waals surface area (Å²) in [6.07, 6.45) is 4.10. The average molecular weight is 200 g/mol. The van der Waals surface area contributed by atoms with E-state index in [1.807, 2.05) is 6.92 Å². The van der Waals surface area contributed by atoms with Crippen molar-refractivity contribution in [2.45, 2.75) is 40.0 Å². The standard InChI is InChI=1S/C11H20OS/c1-8-5-4-6-9(2)11(8)7-12-10(3)13/h8-9,11H,4-7H2,1-3H3/t8-,9+,11+. The minimum Gasteiger partial charge on any atom is -0.487 e. The molecule has 0 heterocycles. The van der Waals surface area contributed by atoms with Crippen LogP contribution in [0.3, 0.4) is 0 Å². The zero-order valence-corrected chi connectivity index (χ0v) is 9.69. The molecule has 0 bridgehead atoms. The molecule has 0 amide bonds. The SMILES string of the molecule is CC(=S)OC[C@H]1[C@H](C)CCC[C@@H]1C. The summed E-state index contributed by atoms with van der Waals surface area (Å²) in [6.45, 7) is 7.36. The Balaban J connectivity index is 2.39. The van der Waals surface area contributed by atoms with Gasteiger partial charge >= 0.3 is 0 Å². The van der Waals surface area contributed by atoms with Crippen molar-refractivity contribution >= 4 is 17.3 Å². The van der Waals surface area contributed by atoms with Gasteiger partial charge in [0.25, 0.3) is 0 Å². The smallest absolute Gasteiger partial charge is 0.156 e. The molecule has 0 aliphatic heterocycles. The van der Waals surface area contributed by atoms with Gasteiger partial charge in [-0.25, -0.2) is 0 Å². The number of hydrogen-bond acceptors (Lipinski definition) is 2. The minimum atomic E-state index is 0.685. The van der Waals surface area contributed by atoms with Crippen molar-refractivity contribution in [2.24, 2.45) is 17.8 Å². The second-order valence-electron chi connectivity index (χ2n) is 4.35. The highest BCUT2D eigenvalue weighted by atomic mass is 32.1. The molecule has 0 saturated heterocycles. The third-order valence-corrected chi connectivity index (χ3v) is 3.38. The lowest BCUT2D eigenvalue weighted by Gasteiger charge is -2.34. The Hall–Kier alpha value is -0.110. The minimum absolute atomic E-state index is 0.685. The number of rotatable bonds is 2. The Kier molecular flexibility index (Phi) is 4.17. The Bertz CT molecular complexity index is 169.